The van der Waals surface area contributed by atoms with Crippen LogP contribution in [-0.4, -0.2) is 20.5 Å². The van der Waals surface area contributed by atoms with Crippen LogP contribution in [0.3, 0.4) is 0 Å². The van der Waals surface area contributed by atoms with Crippen molar-refractivity contribution in [3.8, 4) is 5.13 Å². The summed E-state index contributed by atoms with van der Waals surface area (Å²) in [5, 5.41) is 9.06. The first-order valence-electron chi connectivity index (χ1n) is 10.9. The second kappa shape index (κ2) is 7.71. The molecule has 7 heteroatoms. The van der Waals surface area contributed by atoms with E-state index in [-0.39, 0.29) is 11.7 Å². The van der Waals surface area contributed by atoms with Gasteiger partial charge in [0.2, 0.25) is 5.13 Å². The van der Waals surface area contributed by atoms with E-state index in [1.807, 2.05) is 35.0 Å². The Bertz CT molecular complexity index is 1440. The number of carbonyl (C=O) groups is 1. The highest BCUT2D eigenvalue weighted by atomic mass is 32.1. The Kier molecular flexibility index (Phi) is 4.66. The van der Waals surface area contributed by atoms with Gasteiger partial charge in [-0.3, -0.25) is 4.79 Å². The fourth-order valence-corrected chi connectivity index (χ4v) is 5.61. The van der Waals surface area contributed by atoms with Crippen LogP contribution in [0.5, 0.6) is 0 Å². The van der Waals surface area contributed by atoms with Crippen molar-refractivity contribution >= 4 is 38.8 Å². The van der Waals surface area contributed by atoms with Gasteiger partial charge in [0.15, 0.2) is 11.6 Å². The van der Waals surface area contributed by atoms with Gasteiger partial charge in [-0.05, 0) is 61.4 Å². The summed E-state index contributed by atoms with van der Waals surface area (Å²) in [6, 6.07) is 18.1. The number of aryl methyl sites for hydroxylation is 2. The highest BCUT2D eigenvalue weighted by Gasteiger charge is 2.35. The van der Waals surface area contributed by atoms with Crippen LogP contribution in [0.25, 0.3) is 15.3 Å². The summed E-state index contributed by atoms with van der Waals surface area (Å²) in [6.07, 6.45) is 2.72. The molecule has 3 heterocycles. The summed E-state index contributed by atoms with van der Waals surface area (Å²) < 4.78 is 8.58. The Labute approximate surface area is 194 Å². The van der Waals surface area contributed by atoms with Gasteiger partial charge in [-0.25, -0.2) is 9.67 Å². The van der Waals surface area contributed by atoms with E-state index in [2.05, 4.69) is 43.4 Å². The third-order valence-corrected chi connectivity index (χ3v) is 7.04. The summed E-state index contributed by atoms with van der Waals surface area (Å²) in [5.41, 5.74) is 5.68. The molecule has 0 saturated carbocycles. The largest absolute Gasteiger partial charge is 0.469 e. The number of Topliss-reactive ketones (excluding diaryl/α,β-unsaturated/α-hetero) is 1. The first kappa shape index (κ1) is 19.9. The zero-order valence-corrected chi connectivity index (χ0v) is 19.1. The lowest BCUT2D eigenvalue weighted by Gasteiger charge is -2.20. The van der Waals surface area contributed by atoms with Gasteiger partial charge in [-0.1, -0.05) is 29.5 Å². The van der Waals surface area contributed by atoms with Crippen LogP contribution in [-0.2, 0) is 6.42 Å². The number of hydrogen-bond acceptors (Lipinski definition) is 6. The average molecular weight is 455 g/mol. The van der Waals surface area contributed by atoms with Crippen LogP contribution in [0, 0.1) is 13.8 Å². The number of para-hydroxylation sites is 1. The van der Waals surface area contributed by atoms with Crippen LogP contribution in [0.15, 0.2) is 65.3 Å². The lowest BCUT2D eigenvalue weighted by atomic mass is 9.85. The molecule has 6 nitrogen and oxygen atoms in total. The second-order valence-corrected chi connectivity index (χ2v) is 9.60. The van der Waals surface area contributed by atoms with Crippen LogP contribution in [0.1, 0.15) is 45.3 Å². The summed E-state index contributed by atoms with van der Waals surface area (Å²) in [7, 11) is 0. The highest BCUT2D eigenvalue weighted by molar-refractivity contribution is 7.20. The molecule has 164 valence electrons. The van der Waals surface area contributed by atoms with E-state index >= 15 is 0 Å². The molecule has 0 bridgehead atoms. The maximum absolute atomic E-state index is 13.4. The topological polar surface area (TPSA) is 73.0 Å². The van der Waals surface area contributed by atoms with E-state index in [1.165, 1.54) is 0 Å². The Balaban J connectivity index is 1.50. The molecule has 1 atom stereocenters. The fraction of sp³-hybridized carbons (Fsp3) is 0.192. The van der Waals surface area contributed by atoms with Gasteiger partial charge in [-0.15, -0.1) is 5.10 Å². The molecule has 0 saturated heterocycles. The smallest absolute Gasteiger partial charge is 0.211 e. The maximum atomic E-state index is 13.4. The molecule has 0 aliphatic heterocycles. The zero-order valence-electron chi connectivity index (χ0n) is 18.3. The minimum absolute atomic E-state index is 0.0149. The molecular weight excluding hydrogens is 432 g/mol. The van der Waals surface area contributed by atoms with Crippen LogP contribution in [0.4, 0.5) is 11.5 Å². The number of nitrogens with one attached hydrogen (secondary N) is 1. The molecule has 0 spiro atoms. The molecule has 1 N–H and O–H groups in total. The number of ketones is 1. The van der Waals surface area contributed by atoms with Gasteiger partial charge in [-0.2, -0.15) is 0 Å². The van der Waals surface area contributed by atoms with Gasteiger partial charge in [0.1, 0.15) is 5.76 Å². The SMILES string of the molecule is Cc1cc(C)cc(Nc2nn(-c3nc4ccccc4s3)c3c2C(=O)CC(c2ccco2)C3)c1. The van der Waals surface area contributed by atoms with Crippen molar-refractivity contribution in [1.29, 1.82) is 0 Å². The number of rotatable bonds is 4. The molecular formula is C26H22N4O2S. The molecule has 0 radical (unpaired) electrons. The number of carbonyl (C=O) groups excluding carboxylic acids is 1. The van der Waals surface area contributed by atoms with E-state index in [1.54, 1.807) is 17.6 Å². The number of nitrogens with zero attached hydrogens (tertiary/aromatic N) is 3. The van der Waals surface area contributed by atoms with Crippen LogP contribution in [0.2, 0.25) is 0 Å². The number of hydrogen-bond donors (Lipinski definition) is 1. The number of thiazole rings is 1. The Morgan fingerprint density at radius 2 is 1.88 bits per heavy atom. The number of furan rings is 1. The third kappa shape index (κ3) is 3.54. The van der Waals surface area contributed by atoms with E-state index in [4.69, 9.17) is 14.5 Å². The van der Waals surface area contributed by atoms with Crippen molar-refractivity contribution in [1.82, 2.24) is 14.8 Å². The van der Waals surface area contributed by atoms with Gasteiger partial charge in [0, 0.05) is 24.4 Å². The van der Waals surface area contributed by atoms with E-state index in [0.717, 1.165) is 43.6 Å². The lowest BCUT2D eigenvalue weighted by molar-refractivity contribution is 0.0960. The van der Waals surface area contributed by atoms with Crippen molar-refractivity contribution in [3.05, 3.63) is 89.0 Å². The standard InChI is InChI=1S/C26H22N4O2S/c1-15-10-16(2)12-18(11-15)27-25-24-20(13-17(14-21(24)31)22-7-5-9-32-22)30(29-25)26-28-19-6-3-4-8-23(19)33-26/h3-12,17H,13-14H2,1-2H3,(H,27,29). The number of anilines is 2. The summed E-state index contributed by atoms with van der Waals surface area (Å²) in [4.78, 5) is 18.2. The first-order valence-corrected chi connectivity index (χ1v) is 11.8. The van der Waals surface area contributed by atoms with Crippen LogP contribution >= 0.6 is 11.3 Å². The summed E-state index contributed by atoms with van der Waals surface area (Å²) >= 11 is 1.57. The predicted octanol–water partition coefficient (Wildman–Crippen LogP) is 6.35. The van der Waals surface area contributed by atoms with E-state index < -0.39 is 0 Å². The monoisotopic (exact) mass is 454 g/mol. The normalized spacial score (nSPS) is 15.7. The van der Waals surface area contributed by atoms with Crippen molar-refractivity contribution in [3.63, 3.8) is 0 Å². The fourth-order valence-electron chi connectivity index (χ4n) is 4.67. The number of benzene rings is 2. The van der Waals surface area contributed by atoms with E-state index in [9.17, 15) is 4.79 Å². The first-order chi connectivity index (χ1) is 16.0. The molecule has 0 fully saturated rings. The molecule has 2 aromatic carbocycles. The molecule has 5 aromatic rings. The second-order valence-electron chi connectivity index (χ2n) is 8.59. The summed E-state index contributed by atoms with van der Waals surface area (Å²) in [6.45, 7) is 4.12. The molecule has 1 aliphatic rings. The van der Waals surface area contributed by atoms with Crippen molar-refractivity contribution < 1.29 is 9.21 Å². The lowest BCUT2D eigenvalue weighted by Crippen LogP contribution is -2.20. The van der Waals surface area contributed by atoms with Gasteiger partial charge >= 0.3 is 0 Å². The Morgan fingerprint density at radius 1 is 1.06 bits per heavy atom. The quantitative estimate of drug-likeness (QED) is 0.343. The number of fused-ring (bicyclic) bond motifs is 2. The van der Waals surface area contributed by atoms with Gasteiger partial charge < -0.3 is 9.73 Å². The number of aromatic nitrogens is 3. The predicted molar refractivity (Wildman–Crippen MR) is 130 cm³/mol. The molecule has 3 aromatic heterocycles. The maximum Gasteiger partial charge on any atom is 0.211 e. The molecule has 33 heavy (non-hydrogen) atoms. The van der Waals surface area contributed by atoms with E-state index in [0.29, 0.717) is 24.2 Å². The minimum atomic E-state index is -0.0149. The van der Waals surface area contributed by atoms with Crippen molar-refractivity contribution in [2.75, 3.05) is 5.32 Å². The van der Waals surface area contributed by atoms with Gasteiger partial charge in [0.05, 0.1) is 27.7 Å². The minimum Gasteiger partial charge on any atom is -0.469 e. The van der Waals surface area contributed by atoms with Crippen molar-refractivity contribution in [2.24, 2.45) is 0 Å². The Hall–Kier alpha value is -3.71. The van der Waals surface area contributed by atoms with Crippen LogP contribution < -0.4 is 5.32 Å². The van der Waals surface area contributed by atoms with Gasteiger partial charge in [0.25, 0.3) is 0 Å². The third-order valence-electron chi connectivity index (χ3n) is 6.03. The molecule has 0 amide bonds. The zero-order chi connectivity index (χ0) is 22.5. The van der Waals surface area contributed by atoms with Crippen molar-refractivity contribution in [2.45, 2.75) is 32.6 Å². The Morgan fingerprint density at radius 3 is 2.64 bits per heavy atom. The average Bonchev–Trinajstić information content (AvgIpc) is 3.51. The highest BCUT2D eigenvalue weighted by Crippen LogP contribution is 2.39. The summed E-state index contributed by atoms with van der Waals surface area (Å²) in [5.74, 6) is 1.46. The molecule has 1 aliphatic carbocycles. The molecule has 1 unspecified atom stereocenters. The molecule has 6 rings (SSSR count).